The zero-order valence-electron chi connectivity index (χ0n) is 8.52. The van der Waals surface area contributed by atoms with Crippen LogP contribution in [0.25, 0.3) is 0 Å². The molecule has 0 amide bonds. The van der Waals surface area contributed by atoms with Crippen molar-refractivity contribution in [3.8, 4) is 0 Å². The molecule has 0 aromatic heterocycles. The van der Waals surface area contributed by atoms with E-state index in [9.17, 15) is 9.59 Å². The van der Waals surface area contributed by atoms with Crippen LogP contribution in [-0.4, -0.2) is 26.2 Å². The van der Waals surface area contributed by atoms with Crippen molar-refractivity contribution in [2.24, 2.45) is 5.92 Å². The normalized spacial score (nSPS) is 9.14. The number of rotatable bonds is 5. The van der Waals surface area contributed by atoms with E-state index in [1.165, 1.54) is 14.2 Å². The van der Waals surface area contributed by atoms with E-state index in [4.69, 9.17) is 0 Å². The SMILES string of the molecule is C[CH-]CCC(C(=O)OC)C(=O)OC.[Pd+2]. The van der Waals surface area contributed by atoms with Gasteiger partial charge in [-0.2, -0.15) is 13.3 Å². The van der Waals surface area contributed by atoms with E-state index < -0.39 is 17.9 Å². The predicted octanol–water partition coefficient (Wildman–Crippen LogP) is 0.950. The van der Waals surface area contributed by atoms with Gasteiger partial charge in [0.2, 0.25) is 0 Å². The molecule has 0 aromatic rings. The standard InChI is InChI=1S/C9H15O4.Pd/c1-4-5-6-7(8(10)12-2)9(11)13-3;/h4,7H,5-6H2,1-3H3;/q-1;+2. The first-order valence-electron chi connectivity index (χ1n) is 4.10. The van der Waals surface area contributed by atoms with Crippen LogP contribution >= 0.6 is 0 Å². The van der Waals surface area contributed by atoms with Gasteiger partial charge < -0.3 is 15.9 Å². The molecule has 4 nitrogen and oxygen atoms in total. The Morgan fingerprint density at radius 1 is 1.21 bits per heavy atom. The van der Waals surface area contributed by atoms with Crippen LogP contribution in [0.3, 0.4) is 0 Å². The Bertz CT molecular complexity index is 166. The molecule has 0 unspecified atom stereocenters. The van der Waals surface area contributed by atoms with Gasteiger partial charge in [-0.15, -0.1) is 0 Å². The predicted molar refractivity (Wildman–Crippen MR) is 46.7 cm³/mol. The van der Waals surface area contributed by atoms with Crippen LogP contribution in [0, 0.1) is 12.3 Å². The van der Waals surface area contributed by atoms with Gasteiger partial charge >= 0.3 is 32.4 Å². The number of hydrogen-bond donors (Lipinski definition) is 0. The Kier molecular flexibility index (Phi) is 10.5. The molecule has 14 heavy (non-hydrogen) atoms. The minimum atomic E-state index is -0.786. The number of hydrogen-bond acceptors (Lipinski definition) is 4. The monoisotopic (exact) mass is 293 g/mol. The van der Waals surface area contributed by atoms with Gasteiger partial charge in [-0.25, -0.2) is 0 Å². The maximum Gasteiger partial charge on any atom is 2.00 e. The second kappa shape index (κ2) is 9.17. The molecule has 0 heterocycles. The number of carbonyl (C=O) groups excluding carboxylic acids is 2. The van der Waals surface area contributed by atoms with Crippen LogP contribution < -0.4 is 0 Å². The van der Waals surface area contributed by atoms with Crippen molar-refractivity contribution in [1.82, 2.24) is 0 Å². The number of ether oxygens (including phenoxy) is 2. The van der Waals surface area contributed by atoms with Gasteiger partial charge in [0.05, 0.1) is 14.2 Å². The summed E-state index contributed by atoms with van der Waals surface area (Å²) in [6.07, 6.45) is 3.02. The average molecular weight is 294 g/mol. The molecular weight excluding hydrogens is 279 g/mol. The third-order valence-electron chi connectivity index (χ3n) is 1.72. The van der Waals surface area contributed by atoms with E-state index in [1.807, 2.05) is 13.3 Å². The quantitative estimate of drug-likeness (QED) is 0.328. The molecule has 0 spiro atoms. The first-order chi connectivity index (χ1) is 6.17. The summed E-state index contributed by atoms with van der Waals surface area (Å²) in [5, 5.41) is 0. The van der Waals surface area contributed by atoms with Crippen molar-refractivity contribution in [3.63, 3.8) is 0 Å². The molecular formula is C9H15O4Pd+. The summed E-state index contributed by atoms with van der Waals surface area (Å²) in [5.74, 6) is -1.85. The zero-order chi connectivity index (χ0) is 10.3. The fourth-order valence-corrected chi connectivity index (χ4v) is 0.950. The Labute approximate surface area is 98.0 Å². The first kappa shape index (κ1) is 16.0. The maximum atomic E-state index is 11.1. The molecule has 0 radical (unpaired) electrons. The second-order valence-corrected chi connectivity index (χ2v) is 2.58. The van der Waals surface area contributed by atoms with Crippen LogP contribution in [0.2, 0.25) is 0 Å². The number of unbranched alkanes of at least 4 members (excludes halogenated alkanes) is 1. The van der Waals surface area contributed by atoms with E-state index in [0.717, 1.165) is 0 Å². The number of esters is 2. The second-order valence-electron chi connectivity index (χ2n) is 2.58. The maximum absolute atomic E-state index is 11.1. The summed E-state index contributed by atoms with van der Waals surface area (Å²) in [6, 6.07) is 0. The minimum absolute atomic E-state index is 0. The Balaban J connectivity index is 0. The van der Waals surface area contributed by atoms with Crippen LogP contribution in [0.4, 0.5) is 0 Å². The third kappa shape index (κ3) is 5.36. The molecule has 0 aliphatic heterocycles. The molecule has 0 aliphatic carbocycles. The van der Waals surface area contributed by atoms with E-state index in [2.05, 4.69) is 9.47 Å². The van der Waals surface area contributed by atoms with Crippen molar-refractivity contribution in [3.05, 3.63) is 6.42 Å². The third-order valence-corrected chi connectivity index (χ3v) is 1.72. The average Bonchev–Trinajstić information content (AvgIpc) is 2.17. The molecule has 0 aliphatic rings. The molecule has 0 atom stereocenters. The summed E-state index contributed by atoms with van der Waals surface area (Å²) in [7, 11) is 2.52. The number of methoxy groups -OCH3 is 2. The van der Waals surface area contributed by atoms with Crippen molar-refractivity contribution < 1.29 is 39.5 Å². The van der Waals surface area contributed by atoms with Gasteiger partial charge in [-0.3, -0.25) is 9.59 Å². The fourth-order valence-electron chi connectivity index (χ4n) is 0.950. The van der Waals surface area contributed by atoms with Gasteiger partial charge in [0.15, 0.2) is 5.92 Å². The van der Waals surface area contributed by atoms with Gasteiger partial charge in [0.1, 0.15) is 0 Å². The van der Waals surface area contributed by atoms with Crippen molar-refractivity contribution in [2.45, 2.75) is 19.8 Å². The fraction of sp³-hybridized carbons (Fsp3) is 0.667. The largest absolute Gasteiger partial charge is 2.00 e. The smallest absolute Gasteiger partial charge is 0.468 e. The molecule has 5 heteroatoms. The Hall–Kier alpha value is -0.398. The minimum Gasteiger partial charge on any atom is -0.468 e. The van der Waals surface area contributed by atoms with E-state index in [-0.39, 0.29) is 20.4 Å². The van der Waals surface area contributed by atoms with Crippen LogP contribution in [0.15, 0.2) is 0 Å². The molecule has 0 saturated carbocycles. The zero-order valence-corrected chi connectivity index (χ0v) is 10.1. The van der Waals surface area contributed by atoms with Gasteiger partial charge in [-0.1, -0.05) is 6.42 Å². The van der Waals surface area contributed by atoms with Crippen LogP contribution in [0.5, 0.6) is 0 Å². The summed E-state index contributed by atoms with van der Waals surface area (Å²) >= 11 is 0. The van der Waals surface area contributed by atoms with E-state index >= 15 is 0 Å². The summed E-state index contributed by atoms with van der Waals surface area (Å²) in [6.45, 7) is 1.87. The summed E-state index contributed by atoms with van der Waals surface area (Å²) in [5.41, 5.74) is 0. The Morgan fingerprint density at radius 3 is 1.93 bits per heavy atom. The summed E-state index contributed by atoms with van der Waals surface area (Å²) in [4.78, 5) is 22.2. The van der Waals surface area contributed by atoms with Crippen molar-refractivity contribution in [1.29, 1.82) is 0 Å². The topological polar surface area (TPSA) is 52.6 Å². The van der Waals surface area contributed by atoms with Gasteiger partial charge in [-0.05, 0) is 0 Å². The molecule has 84 valence electrons. The first-order valence-corrected chi connectivity index (χ1v) is 4.10. The van der Waals surface area contributed by atoms with E-state index in [1.54, 1.807) is 0 Å². The Morgan fingerprint density at radius 2 is 1.64 bits per heavy atom. The van der Waals surface area contributed by atoms with Crippen LogP contribution in [-0.2, 0) is 39.5 Å². The molecule has 0 fully saturated rings. The van der Waals surface area contributed by atoms with Crippen LogP contribution in [0.1, 0.15) is 19.8 Å². The number of carbonyl (C=O) groups is 2. The van der Waals surface area contributed by atoms with Gasteiger partial charge in [0.25, 0.3) is 0 Å². The van der Waals surface area contributed by atoms with Crippen molar-refractivity contribution in [2.75, 3.05) is 14.2 Å². The molecule has 0 bridgehead atoms. The molecule has 0 N–H and O–H groups in total. The summed E-state index contributed by atoms with van der Waals surface area (Å²) < 4.78 is 8.96. The molecule has 0 aromatic carbocycles. The van der Waals surface area contributed by atoms with E-state index in [0.29, 0.717) is 12.8 Å². The molecule has 0 rings (SSSR count). The van der Waals surface area contributed by atoms with Gasteiger partial charge in [0, 0.05) is 0 Å². The van der Waals surface area contributed by atoms with Crippen molar-refractivity contribution >= 4 is 11.9 Å². The molecule has 0 saturated heterocycles.